The Balaban J connectivity index is 2.29. The molecule has 75 valence electrons. The largest absolute Gasteiger partial charge is 0.350 e. The molecule has 0 aliphatic rings. The lowest BCUT2D eigenvalue weighted by molar-refractivity contribution is 0.567. The molecule has 0 aliphatic carbocycles. The molecule has 0 unspecified atom stereocenters. The van der Waals surface area contributed by atoms with Crippen LogP contribution in [0.5, 0.6) is 0 Å². The van der Waals surface area contributed by atoms with Crippen LogP contribution in [0.3, 0.4) is 0 Å². The molecule has 0 saturated heterocycles. The summed E-state index contributed by atoms with van der Waals surface area (Å²) in [5.41, 5.74) is 0.492. The van der Waals surface area contributed by atoms with Gasteiger partial charge in [-0.25, -0.2) is 4.98 Å². The van der Waals surface area contributed by atoms with Crippen molar-refractivity contribution in [3.05, 3.63) is 54.6 Å². The molecule has 0 amide bonds. The predicted molar refractivity (Wildman–Crippen MR) is 61.1 cm³/mol. The number of aliphatic hydroxyl groups is 1. The average molecular weight is 217 g/mol. The zero-order valence-electron chi connectivity index (χ0n) is 7.87. The first-order chi connectivity index (χ1) is 7.36. The monoisotopic (exact) mass is 217 g/mol. The zero-order chi connectivity index (χ0) is 10.5. The highest BCUT2D eigenvalue weighted by Gasteiger charge is 1.99. The summed E-state index contributed by atoms with van der Waals surface area (Å²) in [6.07, 6.45) is 4.66. The third-order valence-electron chi connectivity index (χ3n) is 1.74. The van der Waals surface area contributed by atoms with Crippen molar-refractivity contribution < 1.29 is 5.11 Å². The molecule has 3 nitrogen and oxygen atoms in total. The van der Waals surface area contributed by atoms with Crippen molar-refractivity contribution in [3.8, 4) is 0 Å². The van der Waals surface area contributed by atoms with Gasteiger partial charge in [0.1, 0.15) is 5.69 Å². The maximum absolute atomic E-state index is 9.75. The van der Waals surface area contributed by atoms with Crippen LogP contribution in [-0.2, 0) is 0 Å². The Bertz CT molecular complexity index is 457. The molecule has 2 rings (SSSR count). The first-order valence-electron chi connectivity index (χ1n) is 4.41. The minimum Gasteiger partial charge on any atom is -0.350 e. The van der Waals surface area contributed by atoms with Crippen molar-refractivity contribution in [2.45, 2.75) is 4.90 Å². The number of hydrogen-bond acceptors (Lipinski definition) is 2. The lowest BCUT2D eigenvalue weighted by atomic mass is 10.4. The van der Waals surface area contributed by atoms with Crippen LogP contribution < -0.4 is 0 Å². The summed E-state index contributed by atoms with van der Waals surface area (Å²) < 4.78 is 0. The molecule has 15 heavy (non-hydrogen) atoms. The highest BCUT2D eigenvalue weighted by Crippen LogP contribution is 2.12. The van der Waals surface area contributed by atoms with E-state index in [4.69, 9.17) is 0 Å². The molecule has 0 saturated carbocycles. The van der Waals surface area contributed by atoms with Crippen molar-refractivity contribution in [3.63, 3.8) is 0 Å². The first-order valence-corrected chi connectivity index (χ1v) is 5.23. The van der Waals surface area contributed by atoms with Gasteiger partial charge in [0.2, 0.25) is 0 Å². The van der Waals surface area contributed by atoms with E-state index < -0.39 is 0 Å². The summed E-state index contributed by atoms with van der Waals surface area (Å²) in [6, 6.07) is 9.64. The third-order valence-corrected chi connectivity index (χ3v) is 2.65. The van der Waals surface area contributed by atoms with Gasteiger partial charge in [0.25, 0.3) is 0 Å². The minimum absolute atomic E-state index is 0.161. The number of benzene rings is 1. The van der Waals surface area contributed by atoms with Crippen LogP contribution in [0.4, 0.5) is 0 Å². The molecule has 0 aliphatic heterocycles. The van der Waals surface area contributed by atoms with E-state index in [1.165, 1.54) is 17.5 Å². The normalized spacial score (nSPS) is 11.4. The van der Waals surface area contributed by atoms with E-state index in [0.29, 0.717) is 5.69 Å². The number of hydrogen-bond donors (Lipinski definition) is 1. The van der Waals surface area contributed by atoms with Crippen molar-refractivity contribution in [1.29, 1.82) is 0 Å². The van der Waals surface area contributed by atoms with Gasteiger partial charge in [-0.05, 0) is 12.1 Å². The Labute approximate surface area is 91.4 Å². The Morgan fingerprint density at radius 1 is 1.13 bits per heavy atom. The van der Waals surface area contributed by atoms with Gasteiger partial charge in [0.05, 0.1) is 6.20 Å². The van der Waals surface area contributed by atoms with Crippen LogP contribution >= 0.6 is 11.4 Å². The predicted octanol–water partition coefficient (Wildman–Crippen LogP) is 2.30. The second kappa shape index (κ2) is 4.72. The smallest absolute Gasteiger partial charge is 0.154 e. The molecule has 0 fully saturated rings. The summed E-state index contributed by atoms with van der Waals surface area (Å²) in [5, 5.41) is 9.91. The van der Waals surface area contributed by atoms with E-state index in [-0.39, 0.29) is 5.05 Å². The van der Waals surface area contributed by atoms with Crippen molar-refractivity contribution in [1.82, 2.24) is 9.97 Å². The number of aromatic nitrogens is 2. The second-order valence-corrected chi connectivity index (χ2v) is 3.87. The Kier molecular flexibility index (Phi) is 3.11. The van der Waals surface area contributed by atoms with Gasteiger partial charge >= 0.3 is 0 Å². The summed E-state index contributed by atoms with van der Waals surface area (Å²) >= 11 is 1.27. The standard InChI is InChI=1S/C11H9N2OS/c14-11(10-8-12-6-7-13-10)15-9-4-2-1-3-5-9/h1-8,14H. The molecule has 1 N–H and O–H groups in total. The first kappa shape index (κ1) is 9.89. The molecule has 1 aromatic heterocycles. The fourth-order valence-electron chi connectivity index (χ4n) is 1.06. The molecule has 1 heterocycles. The van der Waals surface area contributed by atoms with E-state index in [9.17, 15) is 5.11 Å². The van der Waals surface area contributed by atoms with E-state index >= 15 is 0 Å². The van der Waals surface area contributed by atoms with Crippen molar-refractivity contribution in [2.75, 3.05) is 0 Å². The molecule has 0 atom stereocenters. The summed E-state index contributed by atoms with van der Waals surface area (Å²) in [5.74, 6) is 0. The van der Waals surface area contributed by atoms with Gasteiger partial charge in [-0.15, -0.1) is 11.4 Å². The van der Waals surface area contributed by atoms with Gasteiger partial charge < -0.3 is 5.11 Å². The lowest BCUT2D eigenvalue weighted by Gasteiger charge is -1.97. The Hall–Kier alpha value is -1.65. The quantitative estimate of drug-likeness (QED) is 0.785. The van der Waals surface area contributed by atoms with Gasteiger partial charge in [-0.1, -0.05) is 18.2 Å². The van der Waals surface area contributed by atoms with Crippen LogP contribution in [0.15, 0.2) is 53.8 Å². The van der Waals surface area contributed by atoms with Gasteiger partial charge in [-0.3, -0.25) is 4.98 Å². The number of rotatable bonds is 2. The van der Waals surface area contributed by atoms with Gasteiger partial charge in [0, 0.05) is 17.3 Å². The lowest BCUT2D eigenvalue weighted by Crippen LogP contribution is -1.99. The molecule has 0 spiro atoms. The van der Waals surface area contributed by atoms with Crippen LogP contribution in [0, 0.1) is 0 Å². The molecule has 1 radical (unpaired) electrons. The summed E-state index contributed by atoms with van der Waals surface area (Å²) in [4.78, 5) is 8.87. The summed E-state index contributed by atoms with van der Waals surface area (Å²) in [6.45, 7) is 0. The maximum Gasteiger partial charge on any atom is 0.154 e. The summed E-state index contributed by atoms with van der Waals surface area (Å²) in [7, 11) is 0. The molecule has 2 aromatic rings. The average Bonchev–Trinajstić information content (AvgIpc) is 2.31. The zero-order valence-corrected chi connectivity index (χ0v) is 8.69. The highest BCUT2D eigenvalue weighted by atomic mass is 32.1. The van der Waals surface area contributed by atoms with E-state index in [2.05, 4.69) is 9.97 Å². The third kappa shape index (κ3) is 2.65. The number of nitrogens with zero attached hydrogens (tertiary/aromatic N) is 2. The SMILES string of the molecule is OC(=[S]c1ccccc1)c1cnccn1. The van der Waals surface area contributed by atoms with Crippen molar-refractivity contribution >= 4 is 16.4 Å². The van der Waals surface area contributed by atoms with Crippen molar-refractivity contribution in [2.24, 2.45) is 0 Å². The van der Waals surface area contributed by atoms with Crippen LogP contribution in [0.25, 0.3) is 0 Å². The van der Waals surface area contributed by atoms with Gasteiger partial charge in [0.15, 0.2) is 5.05 Å². The fourth-order valence-corrected chi connectivity index (χ4v) is 1.79. The highest BCUT2D eigenvalue weighted by molar-refractivity contribution is 7.98. The molecule has 0 bridgehead atoms. The Morgan fingerprint density at radius 2 is 1.93 bits per heavy atom. The topological polar surface area (TPSA) is 46.0 Å². The van der Waals surface area contributed by atoms with E-state index in [0.717, 1.165) is 4.90 Å². The molecule has 1 aromatic carbocycles. The molecular formula is C11H9N2OS. The van der Waals surface area contributed by atoms with Crippen LogP contribution in [-0.4, -0.2) is 20.1 Å². The van der Waals surface area contributed by atoms with Crippen LogP contribution in [0.1, 0.15) is 5.69 Å². The molecule has 4 heteroatoms. The second-order valence-electron chi connectivity index (χ2n) is 2.81. The van der Waals surface area contributed by atoms with E-state index in [1.807, 2.05) is 30.3 Å². The van der Waals surface area contributed by atoms with E-state index in [1.54, 1.807) is 12.4 Å². The molecular weight excluding hydrogens is 208 g/mol. The fraction of sp³-hybridized carbons (Fsp3) is 0. The maximum atomic E-state index is 9.75. The number of aliphatic hydroxyl groups excluding tert-OH is 1. The van der Waals surface area contributed by atoms with Gasteiger partial charge in [-0.2, -0.15) is 0 Å². The minimum atomic E-state index is 0.161. The van der Waals surface area contributed by atoms with Crippen LogP contribution in [0.2, 0.25) is 0 Å². The Morgan fingerprint density at radius 3 is 2.60 bits per heavy atom.